The van der Waals surface area contributed by atoms with Crippen molar-refractivity contribution in [3.63, 3.8) is 0 Å². The molecular weight excluding hydrogens is 396 g/mol. The minimum atomic E-state index is 0.148. The van der Waals surface area contributed by atoms with Crippen molar-refractivity contribution < 1.29 is 4.42 Å². The molecule has 0 saturated carbocycles. The van der Waals surface area contributed by atoms with E-state index in [-0.39, 0.29) is 5.71 Å². The predicted octanol–water partition coefficient (Wildman–Crippen LogP) is 6.47. The smallest absolute Gasteiger partial charge is 0.196 e. The highest BCUT2D eigenvalue weighted by atomic mass is 32.1. The first-order chi connectivity index (χ1) is 14.7. The zero-order chi connectivity index (χ0) is 20.8. The molecule has 2 aromatic heterocycles. The normalized spacial score (nSPS) is 11.5. The fourth-order valence-corrected chi connectivity index (χ4v) is 3.35. The maximum absolute atomic E-state index is 9.61. The van der Waals surface area contributed by atoms with E-state index >= 15 is 0 Å². The first-order valence-corrected chi connectivity index (χ1v) is 9.87. The molecule has 0 fully saturated rings. The lowest BCUT2D eigenvalue weighted by atomic mass is 10.2. The van der Waals surface area contributed by atoms with Crippen LogP contribution in [0.1, 0.15) is 10.6 Å². The second kappa shape index (κ2) is 8.94. The molecule has 4 rings (SSSR count). The maximum atomic E-state index is 9.61. The Morgan fingerprint density at radius 2 is 1.83 bits per heavy atom. The monoisotopic (exact) mass is 412 g/mol. The van der Waals surface area contributed by atoms with Gasteiger partial charge in [-0.15, -0.1) is 10.2 Å². The van der Waals surface area contributed by atoms with E-state index in [1.54, 1.807) is 18.4 Å². The van der Waals surface area contributed by atoms with E-state index in [4.69, 9.17) is 4.42 Å². The summed E-state index contributed by atoms with van der Waals surface area (Å²) in [4.78, 5) is 4.54. The van der Waals surface area contributed by atoms with Crippen LogP contribution in [0, 0.1) is 18.3 Å². The number of aromatic nitrogens is 1. The van der Waals surface area contributed by atoms with Gasteiger partial charge in [0.05, 0.1) is 17.6 Å². The molecule has 8 heteroatoms. The van der Waals surface area contributed by atoms with Crippen LogP contribution < -0.4 is 5.43 Å². The summed E-state index contributed by atoms with van der Waals surface area (Å²) < 4.78 is 5.48. The number of benzene rings is 2. The summed E-state index contributed by atoms with van der Waals surface area (Å²) in [5.41, 5.74) is 6.19. The summed E-state index contributed by atoms with van der Waals surface area (Å²) >= 11 is 1.22. The number of aryl methyl sites for hydroxylation is 1. The lowest BCUT2D eigenvalue weighted by Gasteiger charge is -2.00. The van der Waals surface area contributed by atoms with E-state index < -0.39 is 0 Å². The molecule has 4 aromatic rings. The number of nitrogens with zero attached hydrogens (tertiary/aromatic N) is 5. The Hall–Kier alpha value is -4.09. The van der Waals surface area contributed by atoms with Crippen molar-refractivity contribution in [3.05, 3.63) is 83.6 Å². The summed E-state index contributed by atoms with van der Waals surface area (Å²) in [5, 5.41) is 23.4. The number of anilines is 1. The van der Waals surface area contributed by atoms with E-state index in [2.05, 4.69) is 31.8 Å². The molecule has 0 spiro atoms. The molecule has 0 aliphatic heterocycles. The van der Waals surface area contributed by atoms with Gasteiger partial charge in [0.15, 0.2) is 21.5 Å². The van der Waals surface area contributed by atoms with Crippen LogP contribution in [0.5, 0.6) is 0 Å². The third-order valence-electron chi connectivity index (χ3n) is 4.03. The highest BCUT2D eigenvalue weighted by molar-refractivity contribution is 7.18. The van der Waals surface area contributed by atoms with Crippen LogP contribution in [0.25, 0.3) is 11.5 Å². The zero-order valence-electron chi connectivity index (χ0n) is 16.0. The Bertz CT molecular complexity index is 1220. The van der Waals surface area contributed by atoms with Gasteiger partial charge in [0, 0.05) is 0 Å². The van der Waals surface area contributed by atoms with E-state index in [0.29, 0.717) is 27.2 Å². The Balaban J connectivity index is 1.67. The van der Waals surface area contributed by atoms with Crippen molar-refractivity contribution in [2.45, 2.75) is 6.92 Å². The third kappa shape index (κ3) is 4.48. The quantitative estimate of drug-likeness (QED) is 0.223. The van der Waals surface area contributed by atoms with Gasteiger partial charge in [0.2, 0.25) is 0 Å². The lowest BCUT2D eigenvalue weighted by Crippen LogP contribution is -2.01. The Kier molecular flexibility index (Phi) is 5.73. The van der Waals surface area contributed by atoms with Crippen molar-refractivity contribution in [1.82, 2.24) is 4.98 Å². The molecule has 146 valence electrons. The molecule has 0 amide bonds. The SMILES string of the molecule is Cc1ccc(N/N=C(\C#N)c2nc(-c3ccco3)c(N=Nc3ccccc3)s2)cc1. The number of thiazole rings is 1. The fourth-order valence-electron chi connectivity index (χ4n) is 2.52. The van der Waals surface area contributed by atoms with Crippen molar-refractivity contribution >= 4 is 33.4 Å². The van der Waals surface area contributed by atoms with Gasteiger partial charge in [-0.05, 0) is 43.3 Å². The molecule has 0 bridgehead atoms. The number of rotatable bonds is 6. The first-order valence-electron chi connectivity index (χ1n) is 9.05. The van der Waals surface area contributed by atoms with Gasteiger partial charge in [-0.25, -0.2) is 4.98 Å². The summed E-state index contributed by atoms with van der Waals surface area (Å²) in [6, 6.07) is 22.7. The van der Waals surface area contributed by atoms with Gasteiger partial charge >= 0.3 is 0 Å². The number of nitriles is 1. The van der Waals surface area contributed by atoms with Crippen LogP contribution in [-0.2, 0) is 0 Å². The maximum Gasteiger partial charge on any atom is 0.196 e. The Morgan fingerprint density at radius 3 is 2.53 bits per heavy atom. The van der Waals surface area contributed by atoms with Crippen LogP contribution in [-0.4, -0.2) is 10.7 Å². The van der Waals surface area contributed by atoms with Crippen molar-refractivity contribution in [2.24, 2.45) is 15.3 Å². The number of furan rings is 1. The highest BCUT2D eigenvalue weighted by Gasteiger charge is 2.19. The molecule has 1 N–H and O–H groups in total. The van der Waals surface area contributed by atoms with Gasteiger partial charge in [-0.2, -0.15) is 10.4 Å². The molecule has 7 nitrogen and oxygen atoms in total. The van der Waals surface area contributed by atoms with Crippen LogP contribution in [0.2, 0.25) is 0 Å². The number of nitrogens with one attached hydrogen (secondary N) is 1. The van der Waals surface area contributed by atoms with E-state index in [9.17, 15) is 5.26 Å². The van der Waals surface area contributed by atoms with E-state index in [0.717, 1.165) is 11.3 Å². The number of hydrazone groups is 1. The van der Waals surface area contributed by atoms with Gasteiger partial charge in [-0.3, -0.25) is 5.43 Å². The summed E-state index contributed by atoms with van der Waals surface area (Å²) in [5.74, 6) is 0.545. The van der Waals surface area contributed by atoms with Crippen molar-refractivity contribution in [1.29, 1.82) is 5.26 Å². The standard InChI is InChI=1S/C22H16N6OS/c1-15-9-11-17(12-10-15)25-27-18(14-23)21-24-20(19-8-5-13-29-19)22(30-21)28-26-16-6-3-2-4-7-16/h2-13,25H,1H3/b27-18+,28-26?. The minimum absolute atomic E-state index is 0.148. The fraction of sp³-hybridized carbons (Fsp3) is 0.0455. The molecule has 30 heavy (non-hydrogen) atoms. The van der Waals surface area contributed by atoms with Crippen molar-refractivity contribution in [3.8, 4) is 17.5 Å². The highest BCUT2D eigenvalue weighted by Crippen LogP contribution is 2.37. The molecule has 0 aliphatic rings. The van der Waals surface area contributed by atoms with E-state index in [1.807, 2.05) is 61.5 Å². The van der Waals surface area contributed by atoms with Gasteiger partial charge in [0.1, 0.15) is 11.8 Å². The van der Waals surface area contributed by atoms with Gasteiger partial charge in [0.25, 0.3) is 0 Å². The molecule has 0 radical (unpaired) electrons. The number of azo groups is 1. The molecule has 2 heterocycles. The average molecular weight is 412 g/mol. The Labute approximate surface area is 177 Å². The van der Waals surface area contributed by atoms with Crippen molar-refractivity contribution in [2.75, 3.05) is 5.43 Å². The molecular formula is C22H16N6OS. The third-order valence-corrected chi connectivity index (χ3v) is 4.98. The van der Waals surface area contributed by atoms with Gasteiger partial charge in [-0.1, -0.05) is 47.2 Å². The molecule has 2 aromatic carbocycles. The zero-order valence-corrected chi connectivity index (χ0v) is 16.8. The van der Waals surface area contributed by atoms with Gasteiger partial charge < -0.3 is 4.42 Å². The lowest BCUT2D eigenvalue weighted by molar-refractivity contribution is 0.580. The average Bonchev–Trinajstić information content (AvgIpc) is 3.45. The summed E-state index contributed by atoms with van der Waals surface area (Å²) in [6.45, 7) is 2.00. The molecule has 0 aliphatic carbocycles. The molecule has 0 unspecified atom stereocenters. The predicted molar refractivity (Wildman–Crippen MR) is 117 cm³/mol. The largest absolute Gasteiger partial charge is 0.463 e. The van der Waals surface area contributed by atoms with Crippen LogP contribution in [0.15, 0.2) is 92.7 Å². The number of hydrogen-bond donors (Lipinski definition) is 1. The number of hydrogen-bond acceptors (Lipinski definition) is 8. The van der Waals surface area contributed by atoms with E-state index in [1.165, 1.54) is 11.3 Å². The van der Waals surface area contributed by atoms with Crippen LogP contribution in [0.3, 0.4) is 0 Å². The van der Waals surface area contributed by atoms with Crippen LogP contribution >= 0.6 is 11.3 Å². The molecule has 0 atom stereocenters. The van der Waals surface area contributed by atoms with Crippen LogP contribution in [0.4, 0.5) is 16.4 Å². The minimum Gasteiger partial charge on any atom is -0.463 e. The topological polar surface area (TPSA) is 98.9 Å². The summed E-state index contributed by atoms with van der Waals surface area (Å²) in [7, 11) is 0. The summed E-state index contributed by atoms with van der Waals surface area (Å²) in [6.07, 6.45) is 1.56. The first kappa shape index (κ1) is 19.2. The second-order valence-electron chi connectivity index (χ2n) is 6.24. The Morgan fingerprint density at radius 1 is 1.03 bits per heavy atom. The second-order valence-corrected chi connectivity index (χ2v) is 7.21. The molecule has 0 saturated heterocycles.